The highest BCUT2D eigenvalue weighted by Crippen LogP contribution is 2.48. The monoisotopic (exact) mass is 306 g/mol. The standard InChI is InChI=1S/C11H13F3N4O3/c1-18-5-6(4-15-18)7(8(19)20)16-9(21)17-10(2-3-10)11(12,13)14/h4-5,7H,2-3H2,1H3,(H,19,20)(H2,16,17,21). The van der Waals surface area contributed by atoms with E-state index >= 15 is 0 Å². The number of amides is 2. The number of carbonyl (C=O) groups excluding carboxylic acids is 1. The summed E-state index contributed by atoms with van der Waals surface area (Å²) < 4.78 is 39.4. The smallest absolute Gasteiger partial charge is 0.411 e. The van der Waals surface area contributed by atoms with Crippen molar-refractivity contribution < 1.29 is 27.9 Å². The van der Waals surface area contributed by atoms with E-state index in [2.05, 4.69) is 5.10 Å². The highest BCUT2D eigenvalue weighted by Gasteiger charge is 2.64. The molecular weight excluding hydrogens is 293 g/mol. The molecule has 2 rings (SSSR count). The van der Waals surface area contributed by atoms with E-state index in [-0.39, 0.29) is 18.4 Å². The third kappa shape index (κ3) is 3.09. The third-order valence-electron chi connectivity index (χ3n) is 3.23. The molecule has 1 aromatic heterocycles. The van der Waals surface area contributed by atoms with Gasteiger partial charge in [0.1, 0.15) is 5.54 Å². The number of alkyl halides is 3. The van der Waals surface area contributed by atoms with Gasteiger partial charge in [-0.3, -0.25) is 4.68 Å². The van der Waals surface area contributed by atoms with Crippen molar-refractivity contribution in [2.45, 2.75) is 30.6 Å². The maximum absolute atomic E-state index is 12.7. The Morgan fingerprint density at radius 1 is 1.48 bits per heavy atom. The van der Waals surface area contributed by atoms with E-state index in [0.29, 0.717) is 0 Å². The fraction of sp³-hybridized carbons (Fsp3) is 0.545. The molecule has 0 aromatic carbocycles. The van der Waals surface area contributed by atoms with Gasteiger partial charge in [0.05, 0.1) is 6.20 Å². The Morgan fingerprint density at radius 2 is 2.10 bits per heavy atom. The molecule has 1 aliphatic carbocycles. The Labute approximate surface area is 117 Å². The number of carboxylic acid groups (broad SMARTS) is 1. The lowest BCUT2D eigenvalue weighted by atomic mass is 10.1. The molecule has 1 heterocycles. The van der Waals surface area contributed by atoms with E-state index in [1.165, 1.54) is 17.1 Å². The topological polar surface area (TPSA) is 96.2 Å². The summed E-state index contributed by atoms with van der Waals surface area (Å²) in [6.07, 6.45) is -2.41. The van der Waals surface area contributed by atoms with Crippen LogP contribution in [-0.4, -0.2) is 38.6 Å². The lowest BCUT2D eigenvalue weighted by Crippen LogP contribution is -2.52. The van der Waals surface area contributed by atoms with Crippen LogP contribution in [-0.2, 0) is 11.8 Å². The summed E-state index contributed by atoms with van der Waals surface area (Å²) in [5, 5.41) is 16.6. The van der Waals surface area contributed by atoms with Gasteiger partial charge in [-0.05, 0) is 12.8 Å². The Bertz CT molecular complexity index is 565. The molecule has 21 heavy (non-hydrogen) atoms. The maximum atomic E-state index is 12.7. The minimum Gasteiger partial charge on any atom is -0.479 e. The van der Waals surface area contributed by atoms with Gasteiger partial charge < -0.3 is 15.7 Å². The molecule has 10 heteroatoms. The van der Waals surface area contributed by atoms with Gasteiger partial charge in [0.25, 0.3) is 0 Å². The van der Waals surface area contributed by atoms with Gasteiger partial charge >= 0.3 is 18.2 Å². The van der Waals surface area contributed by atoms with Crippen molar-refractivity contribution >= 4 is 12.0 Å². The first-order valence-corrected chi connectivity index (χ1v) is 6.01. The third-order valence-corrected chi connectivity index (χ3v) is 3.23. The molecule has 1 fully saturated rings. The lowest BCUT2D eigenvalue weighted by Gasteiger charge is -2.22. The zero-order chi connectivity index (χ0) is 15.8. The molecular formula is C11H13F3N4O3. The summed E-state index contributed by atoms with van der Waals surface area (Å²) in [6, 6.07) is -2.65. The van der Waals surface area contributed by atoms with E-state index in [4.69, 9.17) is 5.11 Å². The number of aryl methyl sites for hydroxylation is 1. The summed E-state index contributed by atoms with van der Waals surface area (Å²) in [5.74, 6) is -1.39. The fourth-order valence-electron chi connectivity index (χ4n) is 1.87. The molecule has 7 nitrogen and oxygen atoms in total. The first-order chi connectivity index (χ1) is 9.64. The van der Waals surface area contributed by atoms with E-state index in [0.717, 1.165) is 0 Å². The Hall–Kier alpha value is -2.26. The van der Waals surface area contributed by atoms with Crippen molar-refractivity contribution in [2.24, 2.45) is 7.05 Å². The van der Waals surface area contributed by atoms with Crippen LogP contribution in [0.15, 0.2) is 12.4 Å². The van der Waals surface area contributed by atoms with Crippen LogP contribution < -0.4 is 10.6 Å². The number of carboxylic acids is 1. The number of nitrogens with zero attached hydrogens (tertiary/aromatic N) is 2. The molecule has 1 saturated carbocycles. The first kappa shape index (κ1) is 15.1. The molecule has 0 spiro atoms. The summed E-state index contributed by atoms with van der Waals surface area (Å²) >= 11 is 0. The van der Waals surface area contributed by atoms with Crippen molar-refractivity contribution in [2.75, 3.05) is 0 Å². The van der Waals surface area contributed by atoms with Crippen LogP contribution in [0.25, 0.3) is 0 Å². The number of aromatic nitrogens is 2. The van der Waals surface area contributed by atoms with Crippen LogP contribution in [0.2, 0.25) is 0 Å². The average Bonchev–Trinajstić information content (AvgIpc) is 3.01. The minimum atomic E-state index is -4.56. The number of rotatable bonds is 4. The molecule has 1 aromatic rings. The second-order valence-corrected chi connectivity index (χ2v) is 4.90. The number of hydrogen-bond acceptors (Lipinski definition) is 3. The van der Waals surface area contributed by atoms with Gasteiger partial charge in [0, 0.05) is 18.8 Å². The first-order valence-electron chi connectivity index (χ1n) is 6.01. The highest BCUT2D eigenvalue weighted by molar-refractivity contribution is 5.84. The minimum absolute atomic E-state index is 0.164. The van der Waals surface area contributed by atoms with E-state index in [1.807, 2.05) is 5.32 Å². The van der Waals surface area contributed by atoms with Gasteiger partial charge in [0.15, 0.2) is 6.04 Å². The van der Waals surface area contributed by atoms with Gasteiger partial charge in [0.2, 0.25) is 0 Å². The van der Waals surface area contributed by atoms with Crippen LogP contribution in [0.5, 0.6) is 0 Å². The zero-order valence-electron chi connectivity index (χ0n) is 10.9. The van der Waals surface area contributed by atoms with Crippen molar-refractivity contribution in [1.82, 2.24) is 20.4 Å². The molecule has 3 N–H and O–H groups in total. The Morgan fingerprint density at radius 3 is 2.48 bits per heavy atom. The largest absolute Gasteiger partial charge is 0.479 e. The van der Waals surface area contributed by atoms with Gasteiger partial charge in [-0.25, -0.2) is 9.59 Å². The van der Waals surface area contributed by atoms with Crippen LogP contribution >= 0.6 is 0 Å². The average molecular weight is 306 g/mol. The quantitative estimate of drug-likeness (QED) is 0.771. The van der Waals surface area contributed by atoms with E-state index < -0.39 is 29.8 Å². The zero-order valence-corrected chi connectivity index (χ0v) is 10.9. The molecule has 0 aliphatic heterocycles. The summed E-state index contributed by atoms with van der Waals surface area (Å²) in [4.78, 5) is 22.7. The van der Waals surface area contributed by atoms with Crippen molar-refractivity contribution in [1.29, 1.82) is 0 Å². The van der Waals surface area contributed by atoms with Gasteiger partial charge in [-0.15, -0.1) is 0 Å². The molecule has 116 valence electrons. The Kier molecular flexibility index (Phi) is 3.56. The van der Waals surface area contributed by atoms with Crippen LogP contribution in [0.4, 0.5) is 18.0 Å². The molecule has 2 amide bonds. The van der Waals surface area contributed by atoms with Crippen LogP contribution in [0.1, 0.15) is 24.4 Å². The maximum Gasteiger partial charge on any atom is 0.411 e. The number of nitrogens with one attached hydrogen (secondary N) is 2. The molecule has 0 saturated heterocycles. The number of halogens is 3. The molecule has 1 unspecified atom stereocenters. The number of carbonyl (C=O) groups is 2. The molecule has 1 atom stereocenters. The van der Waals surface area contributed by atoms with Crippen LogP contribution in [0.3, 0.4) is 0 Å². The van der Waals surface area contributed by atoms with E-state index in [1.54, 1.807) is 12.4 Å². The normalized spacial score (nSPS) is 17.9. The second kappa shape index (κ2) is 4.93. The molecule has 0 radical (unpaired) electrons. The van der Waals surface area contributed by atoms with Gasteiger partial charge in [-0.1, -0.05) is 0 Å². The van der Waals surface area contributed by atoms with Gasteiger partial charge in [-0.2, -0.15) is 18.3 Å². The lowest BCUT2D eigenvalue weighted by molar-refractivity contribution is -0.162. The highest BCUT2D eigenvalue weighted by atomic mass is 19.4. The summed E-state index contributed by atoms with van der Waals surface area (Å²) in [5.41, 5.74) is -2.08. The molecule has 0 bridgehead atoms. The number of urea groups is 1. The fourth-order valence-corrected chi connectivity index (χ4v) is 1.87. The van der Waals surface area contributed by atoms with Crippen molar-refractivity contribution in [3.8, 4) is 0 Å². The van der Waals surface area contributed by atoms with E-state index in [9.17, 15) is 22.8 Å². The predicted molar refractivity (Wildman–Crippen MR) is 63.3 cm³/mol. The molecule has 1 aliphatic rings. The number of aliphatic carboxylic acids is 1. The van der Waals surface area contributed by atoms with Crippen LogP contribution in [0, 0.1) is 0 Å². The SMILES string of the molecule is Cn1cc(C(NC(=O)NC2(C(F)(F)F)CC2)C(=O)O)cn1. The Balaban J connectivity index is 2.05. The van der Waals surface area contributed by atoms with Crippen molar-refractivity contribution in [3.05, 3.63) is 18.0 Å². The number of hydrogen-bond donors (Lipinski definition) is 3. The predicted octanol–water partition coefficient (Wildman–Crippen LogP) is 0.940. The summed E-state index contributed by atoms with van der Waals surface area (Å²) in [6.45, 7) is 0. The second-order valence-electron chi connectivity index (χ2n) is 4.90. The summed E-state index contributed by atoms with van der Waals surface area (Å²) in [7, 11) is 1.55. The van der Waals surface area contributed by atoms with Crippen molar-refractivity contribution in [3.63, 3.8) is 0 Å².